The third kappa shape index (κ3) is 7.13. The van der Waals surface area contributed by atoms with E-state index in [1.807, 2.05) is 0 Å². The van der Waals surface area contributed by atoms with Gasteiger partial charge in [0.1, 0.15) is 26.2 Å². The highest BCUT2D eigenvalue weighted by Gasteiger charge is 2.29. The van der Waals surface area contributed by atoms with Crippen LogP contribution in [-0.4, -0.2) is 4.48 Å². The number of nitrogens with zero attached hydrogens (tertiary/aromatic N) is 4. The van der Waals surface area contributed by atoms with Crippen LogP contribution in [0, 0.1) is 0 Å². The maximum atomic E-state index is 6.75. The second-order valence-corrected chi connectivity index (χ2v) is 8.01. The SMILES string of the molecule is [N-]=[N+]=[N-].c1ccc(C[N+](Cc2ccccc2)(Cc2ccccc2)Cc2ccccc2)cc1. The third-order valence-electron chi connectivity index (χ3n) is 5.44. The molecule has 0 aromatic heterocycles. The van der Waals surface area contributed by atoms with Gasteiger partial charge in [-0.3, -0.25) is 4.91 Å². The first-order valence-corrected chi connectivity index (χ1v) is 10.7. The quantitative estimate of drug-likeness (QED) is 0.123. The first kappa shape index (κ1) is 22.8. The molecule has 4 aromatic carbocycles. The molecule has 0 aliphatic carbocycles. The molecular formula is C28H28N4. The lowest BCUT2D eigenvalue weighted by Crippen LogP contribution is -2.45. The molecule has 0 unspecified atom stereocenters. The van der Waals surface area contributed by atoms with Gasteiger partial charge in [-0.25, -0.2) is 0 Å². The molecule has 0 atom stereocenters. The molecule has 0 bridgehead atoms. The zero-order valence-corrected chi connectivity index (χ0v) is 18.2. The minimum atomic E-state index is 0.960. The Kier molecular flexibility index (Phi) is 8.64. The van der Waals surface area contributed by atoms with Crippen molar-refractivity contribution in [1.82, 2.24) is 0 Å². The molecule has 4 heteroatoms. The fraction of sp³-hybridized carbons (Fsp3) is 0.143. The Hall–Kier alpha value is -3.85. The minimum Gasteiger partial charge on any atom is -0.373 e. The topological polar surface area (TPSA) is 58.7 Å². The molecule has 4 rings (SSSR count). The van der Waals surface area contributed by atoms with Gasteiger partial charge < -0.3 is 15.5 Å². The molecule has 0 spiro atoms. The summed E-state index contributed by atoms with van der Waals surface area (Å²) in [5, 5.41) is 0. The standard InChI is InChI=1S/C28H28N.N3/c1-5-13-25(14-6-1)21-29(22-26-15-7-2-8-16-26,23-27-17-9-3-10-18-27)24-28-19-11-4-12-20-28;1-3-2/h1-20H,21-24H2;/q+1;-1. The molecule has 0 N–H and O–H groups in total. The molecule has 4 aromatic rings. The van der Waals surface area contributed by atoms with E-state index in [0.29, 0.717) is 0 Å². The van der Waals surface area contributed by atoms with Crippen LogP contribution in [0.1, 0.15) is 22.3 Å². The van der Waals surface area contributed by atoms with Crippen LogP contribution < -0.4 is 0 Å². The van der Waals surface area contributed by atoms with E-state index in [1.165, 1.54) is 27.2 Å². The van der Waals surface area contributed by atoms with Crippen molar-refractivity contribution in [3.63, 3.8) is 0 Å². The lowest BCUT2D eigenvalue weighted by Gasteiger charge is -2.39. The Morgan fingerprint density at radius 2 is 0.594 bits per heavy atom. The Morgan fingerprint density at radius 1 is 0.406 bits per heavy atom. The lowest BCUT2D eigenvalue weighted by atomic mass is 10.0. The van der Waals surface area contributed by atoms with Gasteiger partial charge in [-0.05, 0) is 0 Å². The molecule has 0 radical (unpaired) electrons. The summed E-state index contributed by atoms with van der Waals surface area (Å²) in [4.78, 5) is 1.50. The van der Waals surface area contributed by atoms with Crippen molar-refractivity contribution in [2.75, 3.05) is 0 Å². The third-order valence-corrected chi connectivity index (χ3v) is 5.44. The van der Waals surface area contributed by atoms with Crippen LogP contribution in [0.3, 0.4) is 0 Å². The molecule has 0 saturated carbocycles. The average Bonchev–Trinajstić information content (AvgIpc) is 2.82. The summed E-state index contributed by atoms with van der Waals surface area (Å²) >= 11 is 0. The van der Waals surface area contributed by atoms with Crippen LogP contribution >= 0.6 is 0 Å². The normalized spacial score (nSPS) is 10.5. The summed E-state index contributed by atoms with van der Waals surface area (Å²) in [7, 11) is 0. The number of rotatable bonds is 8. The summed E-state index contributed by atoms with van der Waals surface area (Å²) < 4.78 is 0.960. The van der Waals surface area contributed by atoms with Gasteiger partial charge in [0.2, 0.25) is 0 Å². The van der Waals surface area contributed by atoms with Crippen LogP contribution in [0.25, 0.3) is 16.0 Å². The van der Waals surface area contributed by atoms with E-state index in [2.05, 4.69) is 121 Å². The van der Waals surface area contributed by atoms with Crippen LogP contribution in [-0.2, 0) is 26.2 Å². The highest BCUT2D eigenvalue weighted by molar-refractivity contribution is 5.19. The zero-order chi connectivity index (χ0) is 22.5. The van der Waals surface area contributed by atoms with E-state index >= 15 is 0 Å². The van der Waals surface area contributed by atoms with E-state index in [-0.39, 0.29) is 0 Å². The molecule has 0 saturated heterocycles. The van der Waals surface area contributed by atoms with Crippen molar-refractivity contribution in [1.29, 1.82) is 0 Å². The summed E-state index contributed by atoms with van der Waals surface area (Å²) in [6.07, 6.45) is 0. The fourth-order valence-corrected chi connectivity index (χ4v) is 4.22. The highest BCUT2D eigenvalue weighted by atomic mass is 15.3. The zero-order valence-electron chi connectivity index (χ0n) is 18.2. The van der Waals surface area contributed by atoms with Gasteiger partial charge >= 0.3 is 0 Å². The predicted molar refractivity (Wildman–Crippen MR) is 131 cm³/mol. The monoisotopic (exact) mass is 420 g/mol. The van der Waals surface area contributed by atoms with Crippen LogP contribution in [0.4, 0.5) is 0 Å². The maximum absolute atomic E-state index is 6.75. The Bertz CT molecular complexity index is 904. The number of benzene rings is 4. The first-order valence-electron chi connectivity index (χ1n) is 10.7. The van der Waals surface area contributed by atoms with E-state index < -0.39 is 0 Å². The van der Waals surface area contributed by atoms with Crippen molar-refractivity contribution >= 4 is 0 Å². The number of hydrogen-bond acceptors (Lipinski definition) is 0. The van der Waals surface area contributed by atoms with Crippen LogP contribution in [0.2, 0.25) is 0 Å². The Morgan fingerprint density at radius 3 is 0.781 bits per heavy atom. The van der Waals surface area contributed by atoms with Crippen molar-refractivity contribution in [3.05, 3.63) is 160 Å². The van der Waals surface area contributed by atoms with E-state index in [9.17, 15) is 0 Å². The average molecular weight is 421 g/mol. The second-order valence-electron chi connectivity index (χ2n) is 8.01. The van der Waals surface area contributed by atoms with Gasteiger partial charge in [-0.15, -0.1) is 0 Å². The lowest BCUT2D eigenvalue weighted by molar-refractivity contribution is -0.978. The van der Waals surface area contributed by atoms with Gasteiger partial charge in [0.25, 0.3) is 0 Å². The van der Waals surface area contributed by atoms with Gasteiger partial charge in [0, 0.05) is 22.3 Å². The summed E-state index contributed by atoms with van der Waals surface area (Å²) in [6, 6.07) is 43.7. The Balaban J connectivity index is 0.000000913. The van der Waals surface area contributed by atoms with Gasteiger partial charge in [-0.2, -0.15) is 0 Å². The largest absolute Gasteiger partial charge is 0.373 e. The molecular weight excluding hydrogens is 392 g/mol. The molecule has 0 aliphatic rings. The summed E-state index contributed by atoms with van der Waals surface area (Å²) in [5.74, 6) is 0. The van der Waals surface area contributed by atoms with Crippen molar-refractivity contribution in [2.24, 2.45) is 0 Å². The minimum absolute atomic E-state index is 0.960. The molecule has 32 heavy (non-hydrogen) atoms. The van der Waals surface area contributed by atoms with Crippen molar-refractivity contribution in [2.45, 2.75) is 26.2 Å². The summed E-state index contributed by atoms with van der Waals surface area (Å²) in [6.45, 7) is 4.00. The van der Waals surface area contributed by atoms with Gasteiger partial charge in [0.15, 0.2) is 0 Å². The number of quaternary nitrogens is 1. The smallest absolute Gasteiger partial charge is 0.105 e. The predicted octanol–water partition coefficient (Wildman–Crippen LogP) is 7.47. The van der Waals surface area contributed by atoms with Crippen molar-refractivity contribution < 1.29 is 4.48 Å². The van der Waals surface area contributed by atoms with Crippen LogP contribution in [0.5, 0.6) is 0 Å². The highest BCUT2D eigenvalue weighted by Crippen LogP contribution is 2.27. The summed E-state index contributed by atoms with van der Waals surface area (Å²) in [5.41, 5.74) is 19.0. The van der Waals surface area contributed by atoms with Crippen LogP contribution in [0.15, 0.2) is 121 Å². The van der Waals surface area contributed by atoms with E-state index in [1.54, 1.807) is 0 Å². The first-order chi connectivity index (χ1) is 15.7. The second kappa shape index (κ2) is 12.1. The molecule has 0 fully saturated rings. The molecule has 160 valence electrons. The molecule has 0 aliphatic heterocycles. The number of hydrogen-bond donors (Lipinski definition) is 0. The fourth-order valence-electron chi connectivity index (χ4n) is 4.22. The maximum Gasteiger partial charge on any atom is 0.105 e. The Labute approximate surface area is 190 Å². The molecule has 4 nitrogen and oxygen atoms in total. The van der Waals surface area contributed by atoms with E-state index in [4.69, 9.17) is 11.1 Å². The molecule has 0 heterocycles. The van der Waals surface area contributed by atoms with Gasteiger partial charge in [0.05, 0.1) is 0 Å². The molecule has 0 amide bonds. The van der Waals surface area contributed by atoms with E-state index in [0.717, 1.165) is 30.7 Å². The van der Waals surface area contributed by atoms with Crippen molar-refractivity contribution in [3.8, 4) is 0 Å². The van der Waals surface area contributed by atoms with Gasteiger partial charge in [-0.1, -0.05) is 121 Å².